The van der Waals surface area contributed by atoms with E-state index in [2.05, 4.69) is 0 Å². The molecule has 1 aliphatic rings. The van der Waals surface area contributed by atoms with E-state index in [9.17, 15) is 13.6 Å². The van der Waals surface area contributed by atoms with Crippen molar-refractivity contribution in [1.82, 2.24) is 0 Å². The zero-order valence-electron chi connectivity index (χ0n) is 9.42. The number of rotatable bonds is 3. The lowest BCUT2D eigenvalue weighted by molar-refractivity contribution is -0.109. The summed E-state index contributed by atoms with van der Waals surface area (Å²) in [6, 6.07) is 3.48. The molecule has 17 heavy (non-hydrogen) atoms. The lowest BCUT2D eigenvalue weighted by atomic mass is 9.72. The molecule has 1 saturated heterocycles. The Labute approximate surface area is 98.6 Å². The summed E-state index contributed by atoms with van der Waals surface area (Å²) in [6.07, 6.45) is 2.33. The predicted molar refractivity (Wildman–Crippen MR) is 58.8 cm³/mol. The van der Waals surface area contributed by atoms with Gasteiger partial charge in [0.05, 0.1) is 0 Å². The lowest BCUT2D eigenvalue weighted by Gasteiger charge is -2.36. The highest BCUT2D eigenvalue weighted by Crippen LogP contribution is 2.37. The summed E-state index contributed by atoms with van der Waals surface area (Å²) >= 11 is 0. The van der Waals surface area contributed by atoms with Gasteiger partial charge < -0.3 is 9.53 Å². The Morgan fingerprint density at radius 3 is 2.29 bits per heavy atom. The van der Waals surface area contributed by atoms with Gasteiger partial charge in [0, 0.05) is 31.1 Å². The molecule has 2 nitrogen and oxygen atoms in total. The third-order valence-electron chi connectivity index (χ3n) is 3.40. The van der Waals surface area contributed by atoms with E-state index < -0.39 is 17.0 Å². The maximum absolute atomic E-state index is 13.2. The third-order valence-corrected chi connectivity index (χ3v) is 3.40. The topological polar surface area (TPSA) is 26.3 Å². The molecule has 1 fully saturated rings. The lowest BCUT2D eigenvalue weighted by Crippen LogP contribution is -2.34. The van der Waals surface area contributed by atoms with Crippen LogP contribution < -0.4 is 0 Å². The Morgan fingerprint density at radius 2 is 1.76 bits per heavy atom. The summed E-state index contributed by atoms with van der Waals surface area (Å²) in [4.78, 5) is 10.8. The van der Waals surface area contributed by atoms with Crippen LogP contribution in [0.3, 0.4) is 0 Å². The molecule has 92 valence electrons. The summed E-state index contributed by atoms with van der Waals surface area (Å²) in [7, 11) is 0. The first-order valence-corrected chi connectivity index (χ1v) is 5.64. The third kappa shape index (κ3) is 2.52. The highest BCUT2D eigenvalue weighted by atomic mass is 19.1. The molecule has 1 heterocycles. The van der Waals surface area contributed by atoms with E-state index in [0.717, 1.165) is 12.4 Å². The molecular weight excluding hydrogens is 226 g/mol. The van der Waals surface area contributed by atoms with Crippen LogP contribution in [0.5, 0.6) is 0 Å². The molecule has 1 aromatic carbocycles. The molecule has 1 aliphatic heterocycles. The smallest absolute Gasteiger partial charge is 0.126 e. The van der Waals surface area contributed by atoms with Crippen molar-refractivity contribution in [2.75, 3.05) is 13.2 Å². The molecule has 2 rings (SSSR count). The molecule has 0 saturated carbocycles. The van der Waals surface area contributed by atoms with Gasteiger partial charge in [-0.3, -0.25) is 0 Å². The van der Waals surface area contributed by atoms with Crippen LogP contribution in [0.2, 0.25) is 0 Å². The molecule has 4 heteroatoms. The maximum atomic E-state index is 13.2. The first-order chi connectivity index (χ1) is 8.16. The second-order valence-electron chi connectivity index (χ2n) is 4.42. The summed E-state index contributed by atoms with van der Waals surface area (Å²) in [5.41, 5.74) is 0.0913. The summed E-state index contributed by atoms with van der Waals surface area (Å²) in [5.74, 6) is -1.20. The summed E-state index contributed by atoms with van der Waals surface area (Å²) < 4.78 is 31.7. The maximum Gasteiger partial charge on any atom is 0.126 e. The largest absolute Gasteiger partial charge is 0.381 e. The van der Waals surface area contributed by atoms with Gasteiger partial charge in [-0.25, -0.2) is 8.78 Å². The molecular formula is C13H14F2O2. The van der Waals surface area contributed by atoms with Gasteiger partial charge in [-0.1, -0.05) is 0 Å². The first-order valence-electron chi connectivity index (χ1n) is 5.64. The molecule has 0 N–H and O–H groups in total. The number of halogens is 2. The predicted octanol–water partition coefficient (Wildman–Crippen LogP) is 2.60. The minimum atomic E-state index is -0.600. The fourth-order valence-electron chi connectivity index (χ4n) is 2.39. The van der Waals surface area contributed by atoms with Crippen molar-refractivity contribution in [3.8, 4) is 0 Å². The highest BCUT2D eigenvalue weighted by Gasteiger charge is 2.34. The molecule has 0 spiro atoms. The molecule has 0 amide bonds. The fraction of sp³-hybridized carbons (Fsp3) is 0.462. The van der Waals surface area contributed by atoms with Crippen molar-refractivity contribution in [1.29, 1.82) is 0 Å². The van der Waals surface area contributed by atoms with Gasteiger partial charge >= 0.3 is 0 Å². The first kappa shape index (κ1) is 12.2. The molecule has 0 bridgehead atoms. The monoisotopic (exact) mass is 240 g/mol. The molecule has 0 aromatic heterocycles. The number of hydrogen-bond acceptors (Lipinski definition) is 2. The van der Waals surface area contributed by atoms with Crippen LogP contribution in [-0.2, 0) is 14.9 Å². The Morgan fingerprint density at radius 1 is 1.18 bits per heavy atom. The molecule has 0 radical (unpaired) electrons. The average molecular weight is 240 g/mol. The average Bonchev–Trinajstić information content (AvgIpc) is 2.29. The summed E-state index contributed by atoms with van der Waals surface area (Å²) in [6.45, 7) is 1.04. The van der Waals surface area contributed by atoms with Crippen LogP contribution in [0, 0.1) is 11.6 Å². The van der Waals surface area contributed by atoms with Gasteiger partial charge in [0.2, 0.25) is 0 Å². The zero-order chi connectivity index (χ0) is 12.3. The van der Waals surface area contributed by atoms with Gasteiger partial charge in [0.1, 0.15) is 17.9 Å². The molecule has 0 unspecified atom stereocenters. The van der Waals surface area contributed by atoms with E-state index in [1.165, 1.54) is 12.1 Å². The van der Waals surface area contributed by atoms with Gasteiger partial charge in [-0.2, -0.15) is 0 Å². The van der Waals surface area contributed by atoms with E-state index in [-0.39, 0.29) is 6.42 Å². The molecule has 0 atom stereocenters. The molecule has 0 aliphatic carbocycles. The van der Waals surface area contributed by atoms with Gasteiger partial charge in [-0.05, 0) is 30.5 Å². The van der Waals surface area contributed by atoms with E-state index in [1.807, 2.05) is 0 Å². The van der Waals surface area contributed by atoms with Crippen molar-refractivity contribution >= 4 is 6.29 Å². The quantitative estimate of drug-likeness (QED) is 0.759. The zero-order valence-corrected chi connectivity index (χ0v) is 9.42. The van der Waals surface area contributed by atoms with Crippen molar-refractivity contribution in [2.24, 2.45) is 0 Å². The Bertz CT molecular complexity index is 392. The number of benzene rings is 1. The SMILES string of the molecule is O=CCC1(c2cc(F)cc(F)c2)CCOCC1. The highest BCUT2D eigenvalue weighted by molar-refractivity contribution is 5.54. The molecule has 1 aromatic rings. The number of ether oxygens (including phenoxy) is 1. The van der Waals surface area contributed by atoms with E-state index in [1.54, 1.807) is 0 Å². The van der Waals surface area contributed by atoms with Gasteiger partial charge in [0.15, 0.2) is 0 Å². The standard InChI is InChI=1S/C13H14F2O2/c14-11-7-10(8-12(15)9-11)13(1-4-16)2-5-17-6-3-13/h4,7-9H,1-3,5-6H2. The number of aldehydes is 1. The normalized spacial score (nSPS) is 18.9. The van der Waals surface area contributed by atoms with E-state index in [4.69, 9.17) is 4.74 Å². The van der Waals surface area contributed by atoms with Crippen LogP contribution in [0.15, 0.2) is 18.2 Å². The van der Waals surface area contributed by atoms with Crippen molar-refractivity contribution < 1.29 is 18.3 Å². The Hall–Kier alpha value is -1.29. The minimum absolute atomic E-state index is 0.277. The van der Waals surface area contributed by atoms with Crippen LogP contribution in [-0.4, -0.2) is 19.5 Å². The number of carbonyl (C=O) groups is 1. The number of carbonyl (C=O) groups excluding carboxylic acids is 1. The minimum Gasteiger partial charge on any atom is -0.381 e. The van der Waals surface area contributed by atoms with Crippen LogP contribution >= 0.6 is 0 Å². The van der Waals surface area contributed by atoms with Crippen molar-refractivity contribution in [3.05, 3.63) is 35.4 Å². The van der Waals surface area contributed by atoms with Crippen LogP contribution in [0.1, 0.15) is 24.8 Å². The van der Waals surface area contributed by atoms with Gasteiger partial charge in [-0.15, -0.1) is 0 Å². The van der Waals surface area contributed by atoms with Crippen LogP contribution in [0.4, 0.5) is 8.78 Å². The second kappa shape index (κ2) is 4.92. The van der Waals surface area contributed by atoms with E-state index >= 15 is 0 Å². The van der Waals surface area contributed by atoms with Crippen molar-refractivity contribution in [2.45, 2.75) is 24.7 Å². The van der Waals surface area contributed by atoms with Crippen molar-refractivity contribution in [3.63, 3.8) is 0 Å². The van der Waals surface area contributed by atoms with Crippen LogP contribution in [0.25, 0.3) is 0 Å². The van der Waals surface area contributed by atoms with Gasteiger partial charge in [0.25, 0.3) is 0 Å². The Balaban J connectivity index is 2.40. The Kier molecular flexibility index (Phi) is 3.52. The van der Waals surface area contributed by atoms with E-state index in [0.29, 0.717) is 31.6 Å². The summed E-state index contributed by atoms with van der Waals surface area (Å²) in [5, 5.41) is 0. The number of hydrogen-bond donors (Lipinski definition) is 0. The second-order valence-corrected chi connectivity index (χ2v) is 4.42. The fourth-order valence-corrected chi connectivity index (χ4v) is 2.39.